The molecule has 3 aliphatic rings. The Balaban J connectivity index is 1.22. The highest BCUT2D eigenvalue weighted by Crippen LogP contribution is 2.51. The smallest absolute Gasteiger partial charge is 0.247 e. The molecular formula is C28H30FN7O2. The first kappa shape index (κ1) is 25.3. The number of carbonyl (C=O) groups excluding carboxylic acids is 2. The molecule has 1 heterocycles. The van der Waals surface area contributed by atoms with E-state index in [0.29, 0.717) is 22.7 Å². The second kappa shape index (κ2) is 10.2. The van der Waals surface area contributed by atoms with Crippen molar-refractivity contribution < 1.29 is 14.0 Å². The summed E-state index contributed by atoms with van der Waals surface area (Å²) in [4.78, 5) is 32.9. The molecule has 0 unspecified atom stereocenters. The number of nitrogens with one attached hydrogen (secondary N) is 4. The van der Waals surface area contributed by atoms with E-state index in [0.717, 1.165) is 44.7 Å². The number of carbonyl (C=O) groups is 2. The first-order valence-corrected chi connectivity index (χ1v) is 12.6. The first-order valence-electron chi connectivity index (χ1n) is 12.6. The van der Waals surface area contributed by atoms with E-state index in [1.165, 1.54) is 6.08 Å². The SMILES string of the molecule is C=CC(=O)Nc1cccc(Nc2nc(Nc3ccc(NC(=O)C45CCC(N)(CC4)CC5)cc3)ncc2F)c1. The summed E-state index contributed by atoms with van der Waals surface area (Å²) in [5.41, 5.74) is 8.42. The normalized spacial score (nSPS) is 21.8. The molecule has 196 valence electrons. The molecule has 0 aliphatic heterocycles. The molecule has 3 saturated carbocycles. The molecule has 6 N–H and O–H groups in total. The number of amides is 2. The van der Waals surface area contributed by atoms with Gasteiger partial charge in [-0.1, -0.05) is 12.6 Å². The van der Waals surface area contributed by atoms with Gasteiger partial charge < -0.3 is 27.0 Å². The van der Waals surface area contributed by atoms with Gasteiger partial charge in [0, 0.05) is 33.7 Å². The van der Waals surface area contributed by atoms with Gasteiger partial charge in [-0.2, -0.15) is 4.98 Å². The third kappa shape index (κ3) is 5.50. The summed E-state index contributed by atoms with van der Waals surface area (Å²) in [6, 6.07) is 14.0. The fourth-order valence-corrected chi connectivity index (χ4v) is 5.10. The zero-order chi connectivity index (χ0) is 26.8. The van der Waals surface area contributed by atoms with Gasteiger partial charge in [0.1, 0.15) is 0 Å². The maximum absolute atomic E-state index is 14.4. The average Bonchev–Trinajstić information content (AvgIpc) is 2.92. The van der Waals surface area contributed by atoms with E-state index in [9.17, 15) is 14.0 Å². The molecule has 2 aromatic carbocycles. The molecule has 9 nitrogen and oxygen atoms in total. The number of nitrogens with two attached hydrogens (primary N) is 1. The number of benzene rings is 2. The predicted octanol–water partition coefficient (Wildman–Crippen LogP) is 5.22. The van der Waals surface area contributed by atoms with Crippen LogP contribution in [0.25, 0.3) is 0 Å². The fourth-order valence-electron chi connectivity index (χ4n) is 5.10. The summed E-state index contributed by atoms with van der Waals surface area (Å²) in [5, 5.41) is 11.7. The monoisotopic (exact) mass is 515 g/mol. The number of rotatable bonds is 8. The van der Waals surface area contributed by atoms with Crippen LogP contribution in [0.3, 0.4) is 0 Å². The van der Waals surface area contributed by atoms with Gasteiger partial charge in [0.2, 0.25) is 17.8 Å². The zero-order valence-corrected chi connectivity index (χ0v) is 20.9. The molecule has 10 heteroatoms. The van der Waals surface area contributed by atoms with Crippen molar-refractivity contribution in [1.29, 1.82) is 0 Å². The maximum Gasteiger partial charge on any atom is 0.247 e. The summed E-state index contributed by atoms with van der Waals surface area (Å²) < 4.78 is 14.4. The Morgan fingerprint density at radius 3 is 2.24 bits per heavy atom. The number of anilines is 6. The molecule has 3 aromatic rings. The Kier molecular flexibility index (Phi) is 6.81. The maximum atomic E-state index is 14.4. The topological polar surface area (TPSA) is 134 Å². The second-order valence-corrected chi connectivity index (χ2v) is 10.1. The summed E-state index contributed by atoms with van der Waals surface area (Å²) in [6.07, 6.45) is 7.43. The van der Waals surface area contributed by atoms with Gasteiger partial charge in [-0.25, -0.2) is 9.37 Å². The molecule has 0 spiro atoms. The van der Waals surface area contributed by atoms with Gasteiger partial charge in [-0.15, -0.1) is 0 Å². The van der Waals surface area contributed by atoms with E-state index in [4.69, 9.17) is 5.73 Å². The highest BCUT2D eigenvalue weighted by molar-refractivity contribution is 5.99. The van der Waals surface area contributed by atoms with E-state index in [1.807, 2.05) is 12.1 Å². The molecule has 0 saturated heterocycles. The Hall–Kier alpha value is -4.31. The largest absolute Gasteiger partial charge is 0.338 e. The third-order valence-electron chi connectivity index (χ3n) is 7.51. The minimum absolute atomic E-state index is 0.0284. The van der Waals surface area contributed by atoms with Gasteiger partial charge >= 0.3 is 0 Å². The first-order chi connectivity index (χ1) is 18.3. The standard InChI is InChI=1S/C28H30FN7O2/c1-2-23(37)32-20-4-3-5-21(16-20)33-24-22(29)17-31-26(36-24)35-19-8-6-18(7-9-19)34-25(38)27-10-13-28(30,14-11-27)15-12-27/h2-9,16-17H,1,10-15,30H2,(H,32,37)(H,34,38)(H2,31,33,35,36). The molecule has 0 radical (unpaired) electrons. The van der Waals surface area contributed by atoms with Crippen LogP contribution < -0.4 is 27.0 Å². The summed E-state index contributed by atoms with van der Waals surface area (Å²) in [5.74, 6) is -0.760. The van der Waals surface area contributed by atoms with Crippen LogP contribution in [0.2, 0.25) is 0 Å². The Morgan fingerprint density at radius 2 is 1.55 bits per heavy atom. The Bertz CT molecular complexity index is 1350. The number of hydrogen-bond donors (Lipinski definition) is 5. The summed E-state index contributed by atoms with van der Waals surface area (Å²) in [7, 11) is 0. The number of fused-ring (bicyclic) bond motifs is 3. The van der Waals surface area contributed by atoms with Gasteiger partial charge in [0.25, 0.3) is 0 Å². The second-order valence-electron chi connectivity index (χ2n) is 10.1. The quantitative estimate of drug-likeness (QED) is 0.260. The minimum Gasteiger partial charge on any atom is -0.338 e. The van der Waals surface area contributed by atoms with Crippen molar-refractivity contribution in [3.05, 3.63) is 73.2 Å². The molecule has 0 atom stereocenters. The van der Waals surface area contributed by atoms with E-state index >= 15 is 0 Å². The molecule has 3 aliphatic carbocycles. The van der Waals surface area contributed by atoms with E-state index in [1.54, 1.807) is 36.4 Å². The van der Waals surface area contributed by atoms with Gasteiger partial charge in [-0.3, -0.25) is 9.59 Å². The lowest BCUT2D eigenvalue weighted by Crippen LogP contribution is -2.55. The van der Waals surface area contributed by atoms with Gasteiger partial charge in [-0.05, 0) is 87.1 Å². The van der Waals surface area contributed by atoms with Crippen LogP contribution in [0.1, 0.15) is 38.5 Å². The highest BCUT2D eigenvalue weighted by Gasteiger charge is 2.50. The van der Waals surface area contributed by atoms with Crippen LogP contribution in [-0.4, -0.2) is 27.3 Å². The Labute approximate surface area is 220 Å². The van der Waals surface area contributed by atoms with Crippen molar-refractivity contribution in [3.63, 3.8) is 0 Å². The molecule has 1 aromatic heterocycles. The van der Waals surface area contributed by atoms with Crippen molar-refractivity contribution in [2.75, 3.05) is 21.3 Å². The van der Waals surface area contributed by atoms with Crippen LogP contribution in [0.15, 0.2) is 67.4 Å². The van der Waals surface area contributed by atoms with Crippen molar-refractivity contribution in [3.8, 4) is 0 Å². The molecule has 2 bridgehead atoms. The third-order valence-corrected chi connectivity index (χ3v) is 7.51. The van der Waals surface area contributed by atoms with E-state index in [2.05, 4.69) is 37.8 Å². The lowest BCUT2D eigenvalue weighted by Gasteiger charge is -2.50. The summed E-state index contributed by atoms with van der Waals surface area (Å²) >= 11 is 0. The van der Waals surface area contributed by atoms with Crippen molar-refractivity contribution >= 4 is 46.3 Å². The van der Waals surface area contributed by atoms with Crippen LogP contribution in [-0.2, 0) is 9.59 Å². The number of nitrogens with zero attached hydrogens (tertiary/aromatic N) is 2. The molecular weight excluding hydrogens is 485 g/mol. The van der Waals surface area contributed by atoms with Crippen LogP contribution in [0, 0.1) is 11.2 Å². The van der Waals surface area contributed by atoms with Gasteiger partial charge in [0.15, 0.2) is 11.6 Å². The van der Waals surface area contributed by atoms with Crippen LogP contribution in [0.5, 0.6) is 0 Å². The number of hydrogen-bond acceptors (Lipinski definition) is 7. The lowest BCUT2D eigenvalue weighted by molar-refractivity contribution is -0.131. The Morgan fingerprint density at radius 1 is 0.895 bits per heavy atom. The van der Waals surface area contributed by atoms with Crippen molar-refractivity contribution in [2.24, 2.45) is 11.1 Å². The lowest BCUT2D eigenvalue weighted by atomic mass is 9.57. The molecule has 6 rings (SSSR count). The minimum atomic E-state index is -0.634. The fraction of sp³-hybridized carbons (Fsp3) is 0.286. The number of halogens is 1. The zero-order valence-electron chi connectivity index (χ0n) is 20.9. The summed E-state index contributed by atoms with van der Waals surface area (Å²) in [6.45, 7) is 3.43. The molecule has 38 heavy (non-hydrogen) atoms. The van der Waals surface area contributed by atoms with Crippen molar-refractivity contribution in [2.45, 2.75) is 44.1 Å². The highest BCUT2D eigenvalue weighted by atomic mass is 19.1. The number of aromatic nitrogens is 2. The van der Waals surface area contributed by atoms with E-state index in [-0.39, 0.29) is 34.5 Å². The van der Waals surface area contributed by atoms with Crippen LogP contribution in [0.4, 0.5) is 38.9 Å². The van der Waals surface area contributed by atoms with Crippen LogP contribution >= 0.6 is 0 Å². The predicted molar refractivity (Wildman–Crippen MR) is 146 cm³/mol. The van der Waals surface area contributed by atoms with Gasteiger partial charge in [0.05, 0.1) is 6.20 Å². The van der Waals surface area contributed by atoms with Crippen molar-refractivity contribution in [1.82, 2.24) is 9.97 Å². The molecule has 3 fully saturated rings. The average molecular weight is 516 g/mol. The molecule has 2 amide bonds. The van der Waals surface area contributed by atoms with E-state index < -0.39 is 5.82 Å².